The van der Waals surface area contributed by atoms with E-state index in [0.29, 0.717) is 17.6 Å². The lowest BCUT2D eigenvalue weighted by Gasteiger charge is -2.31. The van der Waals surface area contributed by atoms with E-state index in [0.717, 1.165) is 31.0 Å². The highest BCUT2D eigenvalue weighted by molar-refractivity contribution is 5.68. The van der Waals surface area contributed by atoms with Crippen LogP contribution in [0.4, 0.5) is 5.82 Å². The van der Waals surface area contributed by atoms with Gasteiger partial charge >= 0.3 is 0 Å². The number of nitrogens with zero attached hydrogens (tertiary/aromatic N) is 3. The van der Waals surface area contributed by atoms with Crippen LogP contribution in [0.15, 0.2) is 22.9 Å². The normalized spacial score (nSPS) is 21.6. The van der Waals surface area contributed by atoms with Crippen LogP contribution in [0.2, 0.25) is 0 Å². The van der Waals surface area contributed by atoms with Crippen LogP contribution < -0.4 is 5.32 Å². The average Bonchev–Trinajstić information content (AvgIpc) is 3.13. The molecule has 0 spiro atoms. The summed E-state index contributed by atoms with van der Waals surface area (Å²) in [7, 11) is 0. The highest BCUT2D eigenvalue weighted by Gasteiger charge is 2.37. The first kappa shape index (κ1) is 15.9. The molecular formula is C17H24N4O2. The Kier molecular flexibility index (Phi) is 4.35. The summed E-state index contributed by atoms with van der Waals surface area (Å²) in [6, 6.07) is 3.81. The highest BCUT2D eigenvalue weighted by atomic mass is 16.5. The molecule has 0 bridgehead atoms. The summed E-state index contributed by atoms with van der Waals surface area (Å²) in [4.78, 5) is 8.73. The van der Waals surface area contributed by atoms with Crippen molar-refractivity contribution in [3.8, 4) is 11.5 Å². The van der Waals surface area contributed by atoms with Crippen molar-refractivity contribution in [3.63, 3.8) is 0 Å². The first-order valence-electron chi connectivity index (χ1n) is 8.06. The number of anilines is 1. The van der Waals surface area contributed by atoms with E-state index in [9.17, 15) is 0 Å². The van der Waals surface area contributed by atoms with Crippen LogP contribution in [0.1, 0.15) is 33.0 Å². The Morgan fingerprint density at radius 2 is 2.17 bits per heavy atom. The molecule has 6 heteroatoms. The molecule has 0 saturated carbocycles. The van der Waals surface area contributed by atoms with Gasteiger partial charge in [0.2, 0.25) is 0 Å². The van der Waals surface area contributed by atoms with Gasteiger partial charge in [0.1, 0.15) is 5.82 Å². The summed E-state index contributed by atoms with van der Waals surface area (Å²) in [5.74, 6) is 2.35. The quantitative estimate of drug-likeness (QED) is 0.933. The molecule has 0 aliphatic carbocycles. The lowest BCUT2D eigenvalue weighted by atomic mass is 9.81. The van der Waals surface area contributed by atoms with Gasteiger partial charge in [0, 0.05) is 25.3 Å². The monoisotopic (exact) mass is 316 g/mol. The van der Waals surface area contributed by atoms with Gasteiger partial charge in [-0.3, -0.25) is 0 Å². The van der Waals surface area contributed by atoms with Crippen LogP contribution >= 0.6 is 0 Å². The molecule has 0 radical (unpaired) electrons. The zero-order valence-electron chi connectivity index (χ0n) is 14.2. The summed E-state index contributed by atoms with van der Waals surface area (Å²) in [6.45, 7) is 10.1. The first-order valence-corrected chi connectivity index (χ1v) is 8.06. The van der Waals surface area contributed by atoms with Crippen LogP contribution in [0.5, 0.6) is 0 Å². The maximum absolute atomic E-state index is 5.94. The molecular weight excluding hydrogens is 292 g/mol. The van der Waals surface area contributed by atoms with E-state index < -0.39 is 0 Å². The van der Waals surface area contributed by atoms with Crippen molar-refractivity contribution in [2.24, 2.45) is 11.3 Å². The van der Waals surface area contributed by atoms with Crippen molar-refractivity contribution in [2.45, 2.75) is 40.2 Å². The maximum Gasteiger partial charge on any atom is 0.261 e. The fourth-order valence-electron chi connectivity index (χ4n) is 3.15. The third-order valence-electron chi connectivity index (χ3n) is 4.17. The molecule has 1 N–H and O–H groups in total. The molecule has 1 aliphatic heterocycles. The predicted molar refractivity (Wildman–Crippen MR) is 88.1 cm³/mol. The van der Waals surface area contributed by atoms with Gasteiger partial charge in [-0.2, -0.15) is 4.98 Å². The van der Waals surface area contributed by atoms with E-state index >= 15 is 0 Å². The van der Waals surface area contributed by atoms with E-state index in [-0.39, 0.29) is 11.5 Å². The van der Waals surface area contributed by atoms with Crippen LogP contribution in [-0.4, -0.2) is 34.4 Å². The summed E-state index contributed by atoms with van der Waals surface area (Å²) < 4.78 is 11.2. The van der Waals surface area contributed by atoms with Gasteiger partial charge in [-0.15, -0.1) is 0 Å². The fourth-order valence-corrected chi connectivity index (χ4v) is 3.15. The maximum atomic E-state index is 5.94. The zero-order valence-corrected chi connectivity index (χ0v) is 14.2. The van der Waals surface area contributed by atoms with Crippen LogP contribution in [0.25, 0.3) is 11.5 Å². The molecule has 0 aromatic carbocycles. The number of pyridine rings is 1. The average molecular weight is 316 g/mol. The number of rotatable bonds is 4. The number of aryl methyl sites for hydroxylation is 1. The Balaban J connectivity index is 1.74. The summed E-state index contributed by atoms with van der Waals surface area (Å²) in [5.41, 5.74) is 0.971. The molecule has 6 nitrogen and oxygen atoms in total. The van der Waals surface area contributed by atoms with Gasteiger partial charge in [0.15, 0.2) is 5.82 Å². The smallest absolute Gasteiger partial charge is 0.261 e. The van der Waals surface area contributed by atoms with E-state index in [1.54, 1.807) is 13.1 Å². The first-order chi connectivity index (χ1) is 10.9. The topological polar surface area (TPSA) is 73.1 Å². The Bertz CT molecular complexity index is 663. The highest BCUT2D eigenvalue weighted by Crippen LogP contribution is 2.35. The standard InChI is InChI=1S/C17H24N4O2/c1-11-20-16(23-21-11)13-6-5-8-18-15(13)19-10-12-7-9-22-14(12)17(2,3)4/h5-6,8,12,14H,7,9-10H2,1-4H3,(H,18,19). The molecule has 2 unspecified atom stereocenters. The van der Waals surface area contributed by atoms with Crippen LogP contribution in [0.3, 0.4) is 0 Å². The molecule has 124 valence electrons. The lowest BCUT2D eigenvalue weighted by Crippen LogP contribution is -2.34. The Labute approximate surface area is 136 Å². The lowest BCUT2D eigenvalue weighted by molar-refractivity contribution is 0.00956. The van der Waals surface area contributed by atoms with Gasteiger partial charge in [0.05, 0.1) is 11.7 Å². The second-order valence-corrected chi connectivity index (χ2v) is 7.13. The minimum atomic E-state index is 0.138. The SMILES string of the molecule is Cc1noc(-c2cccnc2NCC2CCOC2C(C)(C)C)n1. The van der Waals surface area contributed by atoms with Gasteiger partial charge in [0.25, 0.3) is 5.89 Å². The van der Waals surface area contributed by atoms with Crippen molar-refractivity contribution in [2.75, 3.05) is 18.5 Å². The molecule has 3 heterocycles. The van der Waals surface area contributed by atoms with E-state index in [1.165, 1.54) is 0 Å². The third-order valence-corrected chi connectivity index (χ3v) is 4.17. The minimum absolute atomic E-state index is 0.138. The summed E-state index contributed by atoms with van der Waals surface area (Å²) in [6.07, 6.45) is 3.09. The van der Waals surface area contributed by atoms with Crippen molar-refractivity contribution in [1.82, 2.24) is 15.1 Å². The van der Waals surface area contributed by atoms with Crippen LogP contribution in [0, 0.1) is 18.3 Å². The third kappa shape index (κ3) is 3.52. The zero-order chi connectivity index (χ0) is 16.4. The van der Waals surface area contributed by atoms with E-state index in [2.05, 4.69) is 41.2 Å². The van der Waals surface area contributed by atoms with Crippen molar-refractivity contribution >= 4 is 5.82 Å². The Morgan fingerprint density at radius 1 is 1.35 bits per heavy atom. The fraction of sp³-hybridized carbons (Fsp3) is 0.588. The van der Waals surface area contributed by atoms with Crippen molar-refractivity contribution in [1.29, 1.82) is 0 Å². The molecule has 2 aromatic rings. The molecule has 1 fully saturated rings. The summed E-state index contributed by atoms with van der Waals surface area (Å²) >= 11 is 0. The number of hydrogen-bond acceptors (Lipinski definition) is 6. The van der Waals surface area contributed by atoms with Gasteiger partial charge in [-0.05, 0) is 30.9 Å². The second kappa shape index (κ2) is 6.28. The van der Waals surface area contributed by atoms with E-state index in [4.69, 9.17) is 9.26 Å². The van der Waals surface area contributed by atoms with Crippen molar-refractivity contribution in [3.05, 3.63) is 24.2 Å². The van der Waals surface area contributed by atoms with Crippen molar-refractivity contribution < 1.29 is 9.26 Å². The number of nitrogens with one attached hydrogen (secondary N) is 1. The van der Waals surface area contributed by atoms with E-state index in [1.807, 2.05) is 12.1 Å². The van der Waals surface area contributed by atoms with Gasteiger partial charge in [-0.25, -0.2) is 4.98 Å². The number of aromatic nitrogens is 3. The predicted octanol–water partition coefficient (Wildman–Crippen LogP) is 3.30. The molecule has 3 rings (SSSR count). The molecule has 23 heavy (non-hydrogen) atoms. The Hall–Kier alpha value is -1.95. The minimum Gasteiger partial charge on any atom is -0.377 e. The molecule has 2 atom stereocenters. The molecule has 0 amide bonds. The molecule has 1 saturated heterocycles. The van der Waals surface area contributed by atoms with Crippen LogP contribution in [-0.2, 0) is 4.74 Å². The van der Waals surface area contributed by atoms with Gasteiger partial charge in [-0.1, -0.05) is 25.9 Å². The second-order valence-electron chi connectivity index (χ2n) is 7.13. The number of hydrogen-bond donors (Lipinski definition) is 1. The van der Waals surface area contributed by atoms with Gasteiger partial charge < -0.3 is 14.6 Å². The number of ether oxygens (including phenoxy) is 1. The summed E-state index contributed by atoms with van der Waals surface area (Å²) in [5, 5.41) is 7.30. The largest absolute Gasteiger partial charge is 0.377 e. The molecule has 2 aromatic heterocycles. The Morgan fingerprint density at radius 3 is 2.87 bits per heavy atom. The molecule has 1 aliphatic rings.